The van der Waals surface area contributed by atoms with Crippen molar-refractivity contribution in [3.63, 3.8) is 0 Å². The van der Waals surface area contributed by atoms with Crippen molar-refractivity contribution in [3.05, 3.63) is 18.1 Å². The van der Waals surface area contributed by atoms with Crippen molar-refractivity contribution in [2.75, 3.05) is 31.1 Å². The maximum absolute atomic E-state index is 12.1. The highest BCUT2D eigenvalue weighted by Crippen LogP contribution is 2.41. The third-order valence-electron chi connectivity index (χ3n) is 5.21. The number of carbonyl (C=O) groups is 1. The van der Waals surface area contributed by atoms with Crippen molar-refractivity contribution in [1.29, 1.82) is 0 Å². The molecule has 6 nitrogen and oxygen atoms in total. The fourth-order valence-corrected chi connectivity index (χ4v) is 3.90. The molecule has 23 heavy (non-hydrogen) atoms. The summed E-state index contributed by atoms with van der Waals surface area (Å²) in [4.78, 5) is 25.0. The lowest BCUT2D eigenvalue weighted by Gasteiger charge is -2.48. The summed E-state index contributed by atoms with van der Waals surface area (Å²) in [5.74, 6) is 1.17. The molecule has 1 atom stereocenters. The summed E-state index contributed by atoms with van der Waals surface area (Å²) < 4.78 is 0. The van der Waals surface area contributed by atoms with Crippen LogP contribution in [0.4, 0.5) is 5.82 Å². The Kier molecular flexibility index (Phi) is 4.53. The average molecular weight is 318 g/mol. The van der Waals surface area contributed by atoms with Crippen molar-refractivity contribution < 1.29 is 9.90 Å². The molecular formula is C17H26N4O2. The number of aliphatic hydroxyl groups excluding tert-OH is 1. The van der Waals surface area contributed by atoms with E-state index in [1.807, 2.05) is 11.8 Å². The van der Waals surface area contributed by atoms with E-state index in [4.69, 9.17) is 0 Å². The monoisotopic (exact) mass is 318 g/mol. The number of β-amino-alcohol motifs (C(OH)–C–C–N with tert-alkyl or cyclic N) is 1. The Morgan fingerprint density at radius 1 is 1.26 bits per heavy atom. The van der Waals surface area contributed by atoms with E-state index in [0.29, 0.717) is 13.0 Å². The normalized spacial score (nSPS) is 22.5. The zero-order valence-electron chi connectivity index (χ0n) is 14.0. The van der Waals surface area contributed by atoms with Crippen molar-refractivity contribution in [3.8, 4) is 0 Å². The summed E-state index contributed by atoms with van der Waals surface area (Å²) in [6.07, 6.45) is 6.71. The van der Waals surface area contributed by atoms with Gasteiger partial charge in [-0.1, -0.05) is 0 Å². The zero-order valence-corrected chi connectivity index (χ0v) is 14.0. The molecule has 1 amide bonds. The van der Waals surface area contributed by atoms with E-state index in [2.05, 4.69) is 14.9 Å². The fourth-order valence-electron chi connectivity index (χ4n) is 3.90. The van der Waals surface area contributed by atoms with Crippen LogP contribution in [0.25, 0.3) is 0 Å². The Morgan fingerprint density at radius 3 is 2.61 bits per heavy atom. The van der Waals surface area contributed by atoms with Gasteiger partial charge in [-0.25, -0.2) is 4.98 Å². The van der Waals surface area contributed by atoms with E-state index in [1.54, 1.807) is 19.3 Å². The molecule has 3 rings (SSSR count). The van der Waals surface area contributed by atoms with Crippen molar-refractivity contribution in [2.24, 2.45) is 5.41 Å². The maximum Gasteiger partial charge on any atom is 0.222 e. The number of carbonyl (C=O) groups excluding carboxylic acids is 1. The van der Waals surface area contributed by atoms with Gasteiger partial charge in [0.2, 0.25) is 5.91 Å². The number of piperidine rings is 2. The Balaban J connectivity index is 1.66. The molecular weight excluding hydrogens is 292 g/mol. The average Bonchev–Trinajstić information content (AvgIpc) is 2.52. The van der Waals surface area contributed by atoms with E-state index in [0.717, 1.165) is 50.4 Å². The van der Waals surface area contributed by atoms with Gasteiger partial charge in [0, 0.05) is 45.0 Å². The topological polar surface area (TPSA) is 69.6 Å². The highest BCUT2D eigenvalue weighted by molar-refractivity contribution is 5.77. The number of anilines is 1. The van der Waals surface area contributed by atoms with Crippen LogP contribution in [0.5, 0.6) is 0 Å². The van der Waals surface area contributed by atoms with E-state index in [1.165, 1.54) is 0 Å². The molecule has 0 radical (unpaired) electrons. The lowest BCUT2D eigenvalue weighted by Crippen LogP contribution is -2.53. The molecule has 1 aromatic rings. The van der Waals surface area contributed by atoms with Gasteiger partial charge in [-0.3, -0.25) is 9.78 Å². The zero-order chi connectivity index (χ0) is 16.4. The highest BCUT2D eigenvalue weighted by atomic mass is 16.3. The Hall–Kier alpha value is -1.69. The van der Waals surface area contributed by atoms with Gasteiger partial charge in [-0.15, -0.1) is 0 Å². The summed E-state index contributed by atoms with van der Waals surface area (Å²) in [7, 11) is 0. The number of likely N-dealkylation sites (tertiary alicyclic amines) is 1. The molecule has 2 saturated heterocycles. The van der Waals surface area contributed by atoms with Gasteiger partial charge in [0.1, 0.15) is 5.82 Å². The number of aliphatic hydroxyl groups is 1. The van der Waals surface area contributed by atoms with Gasteiger partial charge < -0.3 is 14.9 Å². The fraction of sp³-hybridized carbons (Fsp3) is 0.706. The third kappa shape index (κ3) is 3.47. The first-order valence-corrected chi connectivity index (χ1v) is 8.47. The molecule has 2 aliphatic heterocycles. The molecule has 1 N–H and O–H groups in total. The molecule has 0 saturated carbocycles. The highest BCUT2D eigenvalue weighted by Gasteiger charge is 2.41. The van der Waals surface area contributed by atoms with Crippen LogP contribution < -0.4 is 4.90 Å². The Labute approximate surface area is 137 Å². The first kappa shape index (κ1) is 16.2. The minimum atomic E-state index is -0.462. The summed E-state index contributed by atoms with van der Waals surface area (Å²) in [5.41, 5.74) is 1.17. The lowest BCUT2D eigenvalue weighted by atomic mass is 9.72. The lowest BCUT2D eigenvalue weighted by molar-refractivity contribution is -0.139. The quantitative estimate of drug-likeness (QED) is 0.912. The molecule has 1 spiro atoms. The van der Waals surface area contributed by atoms with Crippen LogP contribution in [0.1, 0.15) is 38.3 Å². The van der Waals surface area contributed by atoms with Crippen LogP contribution in [0.2, 0.25) is 0 Å². The van der Waals surface area contributed by atoms with E-state index < -0.39 is 6.10 Å². The van der Waals surface area contributed by atoms with Gasteiger partial charge in [-0.2, -0.15) is 0 Å². The number of rotatable bonds is 3. The molecule has 2 aliphatic rings. The van der Waals surface area contributed by atoms with E-state index in [9.17, 15) is 9.90 Å². The molecule has 1 unspecified atom stereocenters. The number of aryl methyl sites for hydroxylation is 1. The largest absolute Gasteiger partial charge is 0.392 e. The molecule has 126 valence electrons. The molecule has 6 heteroatoms. The number of aromatic nitrogens is 2. The first-order valence-electron chi connectivity index (χ1n) is 8.47. The number of hydrogen-bond donors (Lipinski definition) is 1. The van der Waals surface area contributed by atoms with Gasteiger partial charge in [0.05, 0.1) is 11.8 Å². The molecule has 0 bridgehead atoms. The second-order valence-electron chi connectivity index (χ2n) is 7.08. The second-order valence-corrected chi connectivity index (χ2v) is 7.08. The Morgan fingerprint density at radius 2 is 1.96 bits per heavy atom. The van der Waals surface area contributed by atoms with Crippen LogP contribution in [0, 0.1) is 12.3 Å². The smallest absolute Gasteiger partial charge is 0.222 e. The van der Waals surface area contributed by atoms with Gasteiger partial charge in [0.25, 0.3) is 0 Å². The van der Waals surface area contributed by atoms with Gasteiger partial charge in [0.15, 0.2) is 0 Å². The standard InChI is InChI=1S/C17H26N4O2/c1-13(22)11-21-12-17(4-3-15(21)23)5-9-20(10-6-17)16-14(2)18-7-8-19-16/h7-8,13,22H,3-6,9-12H2,1-2H3. The summed E-state index contributed by atoms with van der Waals surface area (Å²) >= 11 is 0. The second kappa shape index (κ2) is 6.43. The predicted octanol–water partition coefficient (Wildman–Crippen LogP) is 1.37. The molecule has 0 aromatic carbocycles. The summed E-state index contributed by atoms with van der Waals surface area (Å²) in [6.45, 7) is 6.88. The van der Waals surface area contributed by atoms with Crippen LogP contribution in [-0.4, -0.2) is 58.2 Å². The van der Waals surface area contributed by atoms with Crippen molar-refractivity contribution in [2.45, 2.75) is 45.6 Å². The van der Waals surface area contributed by atoms with Crippen LogP contribution >= 0.6 is 0 Å². The van der Waals surface area contributed by atoms with Crippen molar-refractivity contribution in [1.82, 2.24) is 14.9 Å². The van der Waals surface area contributed by atoms with E-state index >= 15 is 0 Å². The van der Waals surface area contributed by atoms with Crippen molar-refractivity contribution >= 4 is 11.7 Å². The molecule has 2 fully saturated rings. The minimum absolute atomic E-state index is 0.184. The summed E-state index contributed by atoms with van der Waals surface area (Å²) in [6, 6.07) is 0. The number of nitrogens with zero attached hydrogens (tertiary/aromatic N) is 4. The predicted molar refractivity (Wildman–Crippen MR) is 88.1 cm³/mol. The first-order chi connectivity index (χ1) is 11.0. The van der Waals surface area contributed by atoms with Gasteiger partial charge >= 0.3 is 0 Å². The molecule has 3 heterocycles. The number of hydrogen-bond acceptors (Lipinski definition) is 5. The SMILES string of the molecule is Cc1nccnc1N1CCC2(CCC(=O)N(CC(C)O)C2)CC1. The van der Waals surface area contributed by atoms with Crippen LogP contribution in [-0.2, 0) is 4.79 Å². The third-order valence-corrected chi connectivity index (χ3v) is 5.21. The van der Waals surface area contributed by atoms with Crippen LogP contribution in [0.15, 0.2) is 12.4 Å². The molecule has 1 aromatic heterocycles. The van der Waals surface area contributed by atoms with Gasteiger partial charge in [-0.05, 0) is 38.5 Å². The van der Waals surface area contributed by atoms with E-state index in [-0.39, 0.29) is 11.3 Å². The molecule has 0 aliphatic carbocycles. The Bertz CT molecular complexity index is 567. The maximum atomic E-state index is 12.1. The van der Waals surface area contributed by atoms with Crippen LogP contribution in [0.3, 0.4) is 0 Å². The number of amides is 1. The minimum Gasteiger partial charge on any atom is -0.392 e. The summed E-state index contributed by atoms with van der Waals surface area (Å²) in [5, 5.41) is 9.61.